The SMILES string of the molecule is CS(=O)(=O)c1ccc(C2OCC(CC3CCN(c4ncc(Cl)cn4)CC3)CO2)cc1F. The first-order chi connectivity index (χ1) is 14.8. The Morgan fingerprint density at radius 2 is 1.77 bits per heavy atom. The summed E-state index contributed by atoms with van der Waals surface area (Å²) in [5, 5.41) is 0.531. The number of rotatable bonds is 5. The van der Waals surface area contributed by atoms with Gasteiger partial charge in [-0.1, -0.05) is 17.7 Å². The zero-order valence-electron chi connectivity index (χ0n) is 17.2. The van der Waals surface area contributed by atoms with Crippen LogP contribution in [0.4, 0.5) is 10.3 Å². The summed E-state index contributed by atoms with van der Waals surface area (Å²) in [6.45, 7) is 2.85. The van der Waals surface area contributed by atoms with Gasteiger partial charge in [0.1, 0.15) is 10.7 Å². The summed E-state index contributed by atoms with van der Waals surface area (Å²) in [5.74, 6) is 0.776. The number of piperidine rings is 1. The van der Waals surface area contributed by atoms with Crippen LogP contribution in [0.2, 0.25) is 5.02 Å². The first-order valence-electron chi connectivity index (χ1n) is 10.2. The van der Waals surface area contributed by atoms with Gasteiger partial charge < -0.3 is 14.4 Å². The molecule has 2 aromatic rings. The van der Waals surface area contributed by atoms with E-state index in [1.165, 1.54) is 12.1 Å². The van der Waals surface area contributed by atoms with Crippen LogP contribution in [0.15, 0.2) is 35.5 Å². The van der Waals surface area contributed by atoms with E-state index in [-0.39, 0.29) is 10.8 Å². The van der Waals surface area contributed by atoms with E-state index in [4.69, 9.17) is 21.1 Å². The summed E-state index contributed by atoms with van der Waals surface area (Å²) in [6.07, 6.45) is 6.63. The Morgan fingerprint density at radius 3 is 2.35 bits per heavy atom. The molecule has 1 aromatic carbocycles. The highest BCUT2D eigenvalue weighted by atomic mass is 35.5. The highest BCUT2D eigenvalue weighted by Gasteiger charge is 2.29. The molecule has 31 heavy (non-hydrogen) atoms. The Kier molecular flexibility index (Phi) is 6.76. The van der Waals surface area contributed by atoms with E-state index in [0.29, 0.717) is 35.7 Å². The lowest BCUT2D eigenvalue weighted by atomic mass is 9.87. The van der Waals surface area contributed by atoms with Crippen LogP contribution in [-0.4, -0.2) is 50.9 Å². The van der Waals surface area contributed by atoms with Gasteiger partial charge in [0.15, 0.2) is 16.1 Å². The predicted octanol–water partition coefficient (Wildman–Crippen LogP) is 3.64. The molecular formula is C21H25ClFN3O4S. The third-order valence-electron chi connectivity index (χ3n) is 5.76. The lowest BCUT2D eigenvalue weighted by Crippen LogP contribution is -2.37. The molecule has 1 aromatic heterocycles. The first-order valence-corrected chi connectivity index (χ1v) is 12.5. The van der Waals surface area contributed by atoms with Gasteiger partial charge in [0.05, 0.1) is 30.6 Å². The molecule has 168 valence electrons. The Balaban J connectivity index is 1.25. The smallest absolute Gasteiger partial charge is 0.225 e. The molecule has 0 saturated carbocycles. The third kappa shape index (κ3) is 5.52. The van der Waals surface area contributed by atoms with E-state index in [1.54, 1.807) is 18.5 Å². The van der Waals surface area contributed by atoms with E-state index < -0.39 is 21.9 Å². The van der Waals surface area contributed by atoms with Crippen molar-refractivity contribution in [2.75, 3.05) is 37.5 Å². The van der Waals surface area contributed by atoms with Crippen molar-refractivity contribution in [2.24, 2.45) is 11.8 Å². The summed E-state index contributed by atoms with van der Waals surface area (Å²) in [7, 11) is -3.60. The molecule has 0 radical (unpaired) electrons. The molecule has 2 fully saturated rings. The van der Waals surface area contributed by atoms with Gasteiger partial charge in [0, 0.05) is 30.8 Å². The number of hydrogen-bond donors (Lipinski definition) is 0. The van der Waals surface area contributed by atoms with E-state index in [9.17, 15) is 12.8 Å². The molecule has 0 aliphatic carbocycles. The van der Waals surface area contributed by atoms with Crippen LogP contribution < -0.4 is 4.90 Å². The van der Waals surface area contributed by atoms with Crippen molar-refractivity contribution >= 4 is 27.4 Å². The number of ether oxygens (including phenoxy) is 2. The van der Waals surface area contributed by atoms with Gasteiger partial charge in [0.2, 0.25) is 5.95 Å². The number of sulfone groups is 1. The maximum atomic E-state index is 14.2. The second kappa shape index (κ2) is 9.36. The summed E-state index contributed by atoms with van der Waals surface area (Å²) in [4.78, 5) is 10.4. The van der Waals surface area contributed by atoms with E-state index in [0.717, 1.165) is 38.6 Å². The summed E-state index contributed by atoms with van der Waals surface area (Å²) < 4.78 is 48.9. The largest absolute Gasteiger partial charge is 0.348 e. The first kappa shape index (κ1) is 22.4. The number of aromatic nitrogens is 2. The number of hydrogen-bond acceptors (Lipinski definition) is 7. The fourth-order valence-electron chi connectivity index (χ4n) is 4.14. The Morgan fingerprint density at radius 1 is 1.13 bits per heavy atom. The number of nitrogens with zero attached hydrogens (tertiary/aromatic N) is 3. The molecule has 10 heteroatoms. The van der Waals surface area contributed by atoms with Gasteiger partial charge in [-0.2, -0.15) is 0 Å². The maximum absolute atomic E-state index is 14.2. The zero-order chi connectivity index (χ0) is 22.0. The molecule has 4 rings (SSSR count). The molecule has 2 aliphatic rings. The van der Waals surface area contributed by atoms with Gasteiger partial charge in [-0.05, 0) is 37.3 Å². The van der Waals surface area contributed by atoms with Gasteiger partial charge in [-0.3, -0.25) is 0 Å². The molecule has 3 heterocycles. The Bertz CT molecular complexity index is 1010. The van der Waals surface area contributed by atoms with Crippen LogP contribution in [0, 0.1) is 17.7 Å². The minimum absolute atomic E-state index is 0.278. The van der Waals surface area contributed by atoms with Crippen molar-refractivity contribution in [3.63, 3.8) is 0 Å². The molecule has 0 atom stereocenters. The Hall–Kier alpha value is -1.81. The fourth-order valence-corrected chi connectivity index (χ4v) is 4.97. The van der Waals surface area contributed by atoms with Crippen molar-refractivity contribution in [3.05, 3.63) is 47.0 Å². The molecular weight excluding hydrogens is 445 g/mol. The second-order valence-corrected chi connectivity index (χ2v) is 10.6. The van der Waals surface area contributed by atoms with Crippen LogP contribution in [-0.2, 0) is 19.3 Å². The monoisotopic (exact) mass is 469 g/mol. The average molecular weight is 470 g/mol. The average Bonchev–Trinajstić information content (AvgIpc) is 2.74. The summed E-state index contributed by atoms with van der Waals surface area (Å²) in [5.41, 5.74) is 0.486. The van der Waals surface area contributed by atoms with Crippen molar-refractivity contribution in [3.8, 4) is 0 Å². The normalized spacial score (nSPS) is 23.1. The standard InChI is InChI=1S/C21H25ClFN3O4S/c1-31(27,28)19-3-2-16(9-18(19)23)20-29-12-15(13-30-20)8-14-4-6-26(7-5-14)21-24-10-17(22)11-25-21/h2-3,9-11,14-15,20H,4-8,12-13H2,1H3. The summed E-state index contributed by atoms with van der Waals surface area (Å²) >= 11 is 5.85. The number of benzene rings is 1. The minimum atomic E-state index is -3.60. The topological polar surface area (TPSA) is 81.6 Å². The molecule has 0 spiro atoms. The molecule has 0 N–H and O–H groups in total. The van der Waals surface area contributed by atoms with Crippen molar-refractivity contribution in [2.45, 2.75) is 30.4 Å². The van der Waals surface area contributed by atoms with Crippen molar-refractivity contribution in [1.29, 1.82) is 0 Å². The zero-order valence-corrected chi connectivity index (χ0v) is 18.8. The lowest BCUT2D eigenvalue weighted by molar-refractivity contribution is -0.207. The van der Waals surface area contributed by atoms with E-state index in [2.05, 4.69) is 14.9 Å². The number of halogens is 2. The van der Waals surface area contributed by atoms with Gasteiger partial charge in [0.25, 0.3) is 0 Å². The summed E-state index contributed by atoms with van der Waals surface area (Å²) in [6, 6.07) is 3.98. The third-order valence-corrected chi connectivity index (χ3v) is 7.09. The quantitative estimate of drug-likeness (QED) is 0.661. The highest BCUT2D eigenvalue weighted by Crippen LogP contribution is 2.32. The lowest BCUT2D eigenvalue weighted by Gasteiger charge is -2.35. The number of anilines is 1. The molecule has 0 unspecified atom stereocenters. The van der Waals surface area contributed by atoms with E-state index >= 15 is 0 Å². The van der Waals surface area contributed by atoms with Gasteiger partial charge >= 0.3 is 0 Å². The molecule has 0 amide bonds. The molecule has 2 saturated heterocycles. The highest BCUT2D eigenvalue weighted by molar-refractivity contribution is 7.90. The minimum Gasteiger partial charge on any atom is -0.348 e. The van der Waals surface area contributed by atoms with Crippen LogP contribution in [0.1, 0.15) is 31.1 Å². The van der Waals surface area contributed by atoms with Gasteiger partial charge in [-0.25, -0.2) is 22.8 Å². The molecule has 0 bridgehead atoms. The van der Waals surface area contributed by atoms with Crippen LogP contribution >= 0.6 is 11.6 Å². The van der Waals surface area contributed by atoms with Crippen molar-refractivity contribution < 1.29 is 22.3 Å². The fraction of sp³-hybridized carbons (Fsp3) is 0.524. The predicted molar refractivity (Wildman–Crippen MR) is 114 cm³/mol. The van der Waals surface area contributed by atoms with Crippen molar-refractivity contribution in [1.82, 2.24) is 9.97 Å². The second-order valence-electron chi connectivity index (χ2n) is 8.19. The molecule has 7 nitrogen and oxygen atoms in total. The van der Waals surface area contributed by atoms with Crippen LogP contribution in [0.5, 0.6) is 0 Å². The van der Waals surface area contributed by atoms with Crippen LogP contribution in [0.3, 0.4) is 0 Å². The Labute approximate surface area is 186 Å². The van der Waals surface area contributed by atoms with E-state index in [1.807, 2.05) is 0 Å². The molecule has 2 aliphatic heterocycles. The maximum Gasteiger partial charge on any atom is 0.225 e. The van der Waals surface area contributed by atoms with Gasteiger partial charge in [-0.15, -0.1) is 0 Å². The van der Waals surface area contributed by atoms with Crippen LogP contribution in [0.25, 0.3) is 0 Å².